The number of methoxy groups -OCH3 is 1. The molecule has 19 heavy (non-hydrogen) atoms. The molecule has 0 saturated carbocycles. The minimum atomic E-state index is 0.591. The van der Waals surface area contributed by atoms with Gasteiger partial charge in [0.15, 0.2) is 0 Å². The van der Waals surface area contributed by atoms with Crippen molar-refractivity contribution < 1.29 is 4.74 Å². The largest absolute Gasteiger partial charge is 0.496 e. The van der Waals surface area contributed by atoms with Crippen LogP contribution in [-0.2, 0) is 6.54 Å². The molecule has 0 spiro atoms. The second-order valence-corrected chi connectivity index (χ2v) is 5.35. The molecular formula is C15H25N3O. The van der Waals surface area contributed by atoms with E-state index in [1.54, 1.807) is 7.11 Å². The molecule has 1 unspecified atom stereocenters. The summed E-state index contributed by atoms with van der Waals surface area (Å²) in [4.78, 5) is 4.81. The maximum absolute atomic E-state index is 5.41. The second-order valence-electron chi connectivity index (χ2n) is 5.35. The highest BCUT2D eigenvalue weighted by Crippen LogP contribution is 2.19. The van der Waals surface area contributed by atoms with Gasteiger partial charge < -0.3 is 15.0 Å². The first kappa shape index (κ1) is 14.3. The van der Waals surface area contributed by atoms with Gasteiger partial charge in [-0.2, -0.15) is 0 Å². The van der Waals surface area contributed by atoms with Crippen LogP contribution in [0.4, 0.5) is 0 Å². The third-order valence-electron chi connectivity index (χ3n) is 3.80. The Morgan fingerprint density at radius 3 is 2.95 bits per heavy atom. The van der Waals surface area contributed by atoms with Crippen LogP contribution >= 0.6 is 0 Å². The van der Waals surface area contributed by atoms with E-state index in [4.69, 9.17) is 4.74 Å². The predicted molar refractivity (Wildman–Crippen MR) is 78.6 cm³/mol. The van der Waals surface area contributed by atoms with Gasteiger partial charge in [0.2, 0.25) is 0 Å². The Morgan fingerprint density at radius 2 is 2.21 bits per heavy atom. The number of likely N-dealkylation sites (N-methyl/N-ethyl adjacent to an activating group) is 2. The Morgan fingerprint density at radius 1 is 1.42 bits per heavy atom. The van der Waals surface area contributed by atoms with E-state index in [0.717, 1.165) is 38.5 Å². The summed E-state index contributed by atoms with van der Waals surface area (Å²) in [5.41, 5.74) is 1.25. The van der Waals surface area contributed by atoms with Crippen molar-refractivity contribution in [3.63, 3.8) is 0 Å². The summed E-state index contributed by atoms with van der Waals surface area (Å²) in [5.74, 6) is 0.976. The molecule has 1 saturated heterocycles. The maximum atomic E-state index is 5.41. The fraction of sp³-hybridized carbons (Fsp3) is 0.600. The molecule has 0 radical (unpaired) electrons. The van der Waals surface area contributed by atoms with E-state index in [1.807, 2.05) is 12.1 Å². The highest BCUT2D eigenvalue weighted by molar-refractivity contribution is 5.33. The van der Waals surface area contributed by atoms with Crippen LogP contribution in [0.25, 0.3) is 0 Å². The average molecular weight is 263 g/mol. The standard InChI is InChI=1S/C15H25N3O/c1-17(12-14-10-16-8-9-18(14)2)11-13-6-4-5-7-15(13)19-3/h4-7,14,16H,8-12H2,1-3H3. The van der Waals surface area contributed by atoms with Gasteiger partial charge >= 0.3 is 0 Å². The molecule has 1 aliphatic rings. The Hall–Kier alpha value is -1.10. The van der Waals surface area contributed by atoms with E-state index in [1.165, 1.54) is 5.56 Å². The van der Waals surface area contributed by atoms with Crippen LogP contribution in [-0.4, -0.2) is 63.2 Å². The molecular weight excluding hydrogens is 238 g/mol. The first-order valence-corrected chi connectivity index (χ1v) is 6.92. The van der Waals surface area contributed by atoms with Gasteiger partial charge in [-0.1, -0.05) is 18.2 Å². The molecule has 1 N–H and O–H groups in total. The summed E-state index contributed by atoms with van der Waals surface area (Å²) in [6, 6.07) is 8.84. The second kappa shape index (κ2) is 6.89. The van der Waals surface area contributed by atoms with Crippen molar-refractivity contribution in [2.45, 2.75) is 12.6 Å². The number of para-hydroxylation sites is 1. The molecule has 0 aliphatic carbocycles. The monoisotopic (exact) mass is 263 g/mol. The van der Waals surface area contributed by atoms with Gasteiger partial charge in [-0.05, 0) is 20.2 Å². The molecule has 2 rings (SSSR count). The summed E-state index contributed by atoms with van der Waals surface area (Å²) in [7, 11) is 6.12. The minimum absolute atomic E-state index is 0.591. The minimum Gasteiger partial charge on any atom is -0.496 e. The molecule has 1 heterocycles. The summed E-state index contributed by atoms with van der Waals surface area (Å²) in [6.07, 6.45) is 0. The topological polar surface area (TPSA) is 27.7 Å². The summed E-state index contributed by atoms with van der Waals surface area (Å²) in [5, 5.41) is 3.46. The van der Waals surface area contributed by atoms with Crippen molar-refractivity contribution in [2.24, 2.45) is 0 Å². The molecule has 106 valence electrons. The zero-order valence-corrected chi connectivity index (χ0v) is 12.2. The highest BCUT2D eigenvalue weighted by Gasteiger charge is 2.20. The molecule has 1 aliphatic heterocycles. The average Bonchev–Trinajstić information content (AvgIpc) is 2.42. The number of piperazine rings is 1. The zero-order chi connectivity index (χ0) is 13.7. The molecule has 1 atom stereocenters. The number of nitrogens with zero attached hydrogens (tertiary/aromatic N) is 2. The first-order valence-electron chi connectivity index (χ1n) is 6.92. The van der Waals surface area contributed by atoms with Crippen LogP contribution in [0.2, 0.25) is 0 Å². The van der Waals surface area contributed by atoms with E-state index in [-0.39, 0.29) is 0 Å². The van der Waals surface area contributed by atoms with Gasteiger partial charge in [0, 0.05) is 44.3 Å². The maximum Gasteiger partial charge on any atom is 0.123 e. The Balaban J connectivity index is 1.91. The summed E-state index contributed by atoms with van der Waals surface area (Å²) < 4.78 is 5.41. The first-order chi connectivity index (χ1) is 9.20. The Kier molecular flexibility index (Phi) is 5.19. The van der Waals surface area contributed by atoms with E-state index in [2.05, 4.69) is 41.3 Å². The predicted octanol–water partition coefficient (Wildman–Crippen LogP) is 1.03. The Bertz CT molecular complexity index is 397. The fourth-order valence-electron chi connectivity index (χ4n) is 2.62. The lowest BCUT2D eigenvalue weighted by atomic mass is 10.1. The third kappa shape index (κ3) is 3.93. The van der Waals surface area contributed by atoms with E-state index < -0.39 is 0 Å². The number of hydrogen-bond acceptors (Lipinski definition) is 4. The number of nitrogens with one attached hydrogen (secondary N) is 1. The van der Waals surface area contributed by atoms with Gasteiger partial charge in [0.1, 0.15) is 5.75 Å². The van der Waals surface area contributed by atoms with Crippen molar-refractivity contribution in [1.29, 1.82) is 0 Å². The lowest BCUT2D eigenvalue weighted by Crippen LogP contribution is -2.53. The van der Waals surface area contributed by atoms with Crippen LogP contribution in [0.3, 0.4) is 0 Å². The normalized spacial score (nSPS) is 20.7. The highest BCUT2D eigenvalue weighted by atomic mass is 16.5. The van der Waals surface area contributed by atoms with E-state index >= 15 is 0 Å². The van der Waals surface area contributed by atoms with Crippen LogP contribution in [0.1, 0.15) is 5.56 Å². The molecule has 0 aromatic heterocycles. The van der Waals surface area contributed by atoms with Crippen molar-refractivity contribution in [1.82, 2.24) is 15.1 Å². The molecule has 1 aromatic carbocycles. The third-order valence-corrected chi connectivity index (χ3v) is 3.80. The zero-order valence-electron chi connectivity index (χ0n) is 12.2. The number of ether oxygens (including phenoxy) is 1. The molecule has 4 nitrogen and oxygen atoms in total. The fourth-order valence-corrected chi connectivity index (χ4v) is 2.62. The Labute approximate surface area is 116 Å². The lowest BCUT2D eigenvalue weighted by Gasteiger charge is -2.35. The lowest BCUT2D eigenvalue weighted by molar-refractivity contribution is 0.149. The number of benzene rings is 1. The molecule has 0 bridgehead atoms. The molecule has 0 amide bonds. The molecule has 4 heteroatoms. The van der Waals surface area contributed by atoms with Gasteiger partial charge in [0.25, 0.3) is 0 Å². The SMILES string of the molecule is COc1ccccc1CN(C)CC1CNCCN1C. The van der Waals surface area contributed by atoms with Crippen LogP contribution in [0.5, 0.6) is 5.75 Å². The van der Waals surface area contributed by atoms with E-state index in [9.17, 15) is 0 Å². The van der Waals surface area contributed by atoms with Crippen LogP contribution < -0.4 is 10.1 Å². The molecule has 1 aromatic rings. The van der Waals surface area contributed by atoms with Crippen LogP contribution in [0, 0.1) is 0 Å². The van der Waals surface area contributed by atoms with Gasteiger partial charge in [-0.15, -0.1) is 0 Å². The summed E-state index contributed by atoms with van der Waals surface area (Å²) in [6.45, 7) is 5.30. The smallest absolute Gasteiger partial charge is 0.123 e. The van der Waals surface area contributed by atoms with Gasteiger partial charge in [-0.3, -0.25) is 4.90 Å². The summed E-state index contributed by atoms with van der Waals surface area (Å²) >= 11 is 0. The van der Waals surface area contributed by atoms with Crippen molar-refractivity contribution in [3.8, 4) is 5.75 Å². The quantitative estimate of drug-likeness (QED) is 0.859. The number of rotatable bonds is 5. The van der Waals surface area contributed by atoms with Crippen molar-refractivity contribution in [2.75, 3.05) is 47.4 Å². The molecule has 1 fully saturated rings. The number of hydrogen-bond donors (Lipinski definition) is 1. The van der Waals surface area contributed by atoms with E-state index in [0.29, 0.717) is 6.04 Å². The van der Waals surface area contributed by atoms with Crippen molar-refractivity contribution >= 4 is 0 Å². The van der Waals surface area contributed by atoms with Crippen molar-refractivity contribution in [3.05, 3.63) is 29.8 Å². The van der Waals surface area contributed by atoms with Gasteiger partial charge in [0.05, 0.1) is 7.11 Å². The van der Waals surface area contributed by atoms with Crippen LogP contribution in [0.15, 0.2) is 24.3 Å². The van der Waals surface area contributed by atoms with Gasteiger partial charge in [-0.25, -0.2) is 0 Å².